The Balaban J connectivity index is 2.25. The molecule has 2 aliphatic rings. The zero-order valence-corrected chi connectivity index (χ0v) is 7.15. The van der Waals surface area contributed by atoms with Gasteiger partial charge in [0.25, 0.3) is 0 Å². The molecule has 58 valence electrons. The fourth-order valence-corrected chi connectivity index (χ4v) is 3.20. The van der Waals surface area contributed by atoms with Crippen LogP contribution in [0.4, 0.5) is 0 Å². The Labute approximate surface area is 63.0 Å². The summed E-state index contributed by atoms with van der Waals surface area (Å²) >= 11 is 0. The van der Waals surface area contributed by atoms with Crippen molar-refractivity contribution in [1.29, 1.82) is 0 Å². The Hall–Kier alpha value is -0.0400. The van der Waals surface area contributed by atoms with Crippen molar-refractivity contribution in [2.24, 2.45) is 23.0 Å². The van der Waals surface area contributed by atoms with Gasteiger partial charge in [-0.3, -0.25) is 0 Å². The molecule has 2 aliphatic carbocycles. The molecular weight excluding hydrogens is 122 g/mol. The van der Waals surface area contributed by atoms with E-state index in [2.05, 4.69) is 20.8 Å². The Morgan fingerprint density at radius 1 is 1.30 bits per heavy atom. The second-order valence-electron chi connectivity index (χ2n) is 4.78. The molecule has 0 bridgehead atoms. The first-order valence-electron chi connectivity index (χ1n) is 4.27. The van der Waals surface area contributed by atoms with E-state index in [4.69, 9.17) is 5.73 Å². The summed E-state index contributed by atoms with van der Waals surface area (Å²) in [5.74, 6) is 1.70. The Kier molecular flexibility index (Phi) is 0.949. The van der Waals surface area contributed by atoms with Gasteiger partial charge in [0.2, 0.25) is 0 Å². The third-order valence-corrected chi connectivity index (χ3v) is 4.05. The van der Waals surface area contributed by atoms with Crippen molar-refractivity contribution in [2.75, 3.05) is 0 Å². The molecule has 0 saturated heterocycles. The molecule has 2 rings (SSSR count). The summed E-state index contributed by atoms with van der Waals surface area (Å²) in [4.78, 5) is 0. The van der Waals surface area contributed by atoms with Crippen molar-refractivity contribution in [1.82, 2.24) is 0 Å². The lowest BCUT2D eigenvalue weighted by molar-refractivity contribution is 0.394. The van der Waals surface area contributed by atoms with Gasteiger partial charge in [-0.25, -0.2) is 0 Å². The van der Waals surface area contributed by atoms with Gasteiger partial charge in [0.1, 0.15) is 0 Å². The van der Waals surface area contributed by atoms with Crippen molar-refractivity contribution < 1.29 is 0 Å². The summed E-state index contributed by atoms with van der Waals surface area (Å²) in [6.07, 6.45) is 2.59. The van der Waals surface area contributed by atoms with Crippen molar-refractivity contribution in [2.45, 2.75) is 39.2 Å². The Bertz CT molecular complexity index is 169. The van der Waals surface area contributed by atoms with E-state index >= 15 is 0 Å². The van der Waals surface area contributed by atoms with Gasteiger partial charge >= 0.3 is 0 Å². The number of fused-ring (bicyclic) bond motifs is 1. The van der Waals surface area contributed by atoms with Gasteiger partial charge in [0, 0.05) is 5.54 Å². The van der Waals surface area contributed by atoms with Crippen molar-refractivity contribution >= 4 is 0 Å². The lowest BCUT2D eigenvalue weighted by Gasteiger charge is -2.20. The third-order valence-electron chi connectivity index (χ3n) is 4.05. The Morgan fingerprint density at radius 2 is 1.90 bits per heavy atom. The van der Waals surface area contributed by atoms with Gasteiger partial charge < -0.3 is 5.73 Å². The maximum atomic E-state index is 6.14. The van der Waals surface area contributed by atoms with Crippen LogP contribution in [0.3, 0.4) is 0 Å². The monoisotopic (exact) mass is 139 g/mol. The second kappa shape index (κ2) is 1.42. The molecule has 0 heterocycles. The fourth-order valence-electron chi connectivity index (χ4n) is 3.20. The highest BCUT2D eigenvalue weighted by Crippen LogP contribution is 2.70. The maximum absolute atomic E-state index is 6.14. The summed E-state index contributed by atoms with van der Waals surface area (Å²) in [6.45, 7) is 6.95. The first-order valence-corrected chi connectivity index (χ1v) is 4.27. The summed E-state index contributed by atoms with van der Waals surface area (Å²) in [5.41, 5.74) is 6.93. The van der Waals surface area contributed by atoms with E-state index < -0.39 is 0 Å². The molecular formula is C9H17N. The zero-order chi connectivity index (χ0) is 7.57. The van der Waals surface area contributed by atoms with Crippen LogP contribution < -0.4 is 5.73 Å². The standard InChI is InChI=1S/C9H17N/c1-6-7-8(6,2)4-5-9(7,3)10/h6-7H,4-5,10H2,1-3H3. The van der Waals surface area contributed by atoms with E-state index in [-0.39, 0.29) is 5.54 Å². The van der Waals surface area contributed by atoms with Crippen LogP contribution in [0.5, 0.6) is 0 Å². The molecule has 1 nitrogen and oxygen atoms in total. The van der Waals surface area contributed by atoms with Gasteiger partial charge in [-0.1, -0.05) is 13.8 Å². The zero-order valence-electron chi connectivity index (χ0n) is 7.15. The van der Waals surface area contributed by atoms with Crippen LogP contribution >= 0.6 is 0 Å². The molecule has 2 fully saturated rings. The average molecular weight is 139 g/mol. The minimum atomic E-state index is 0.161. The molecule has 0 aromatic rings. The smallest absolute Gasteiger partial charge is 0.0162 e. The van der Waals surface area contributed by atoms with Crippen LogP contribution in [0.15, 0.2) is 0 Å². The minimum Gasteiger partial charge on any atom is -0.325 e. The van der Waals surface area contributed by atoms with Gasteiger partial charge in [0.15, 0.2) is 0 Å². The number of hydrogen-bond acceptors (Lipinski definition) is 1. The normalized spacial score (nSPS) is 66.0. The van der Waals surface area contributed by atoms with E-state index in [1.54, 1.807) is 0 Å². The van der Waals surface area contributed by atoms with Crippen LogP contribution in [0.1, 0.15) is 33.6 Å². The molecule has 0 aromatic heterocycles. The summed E-state index contributed by atoms with van der Waals surface area (Å²) < 4.78 is 0. The third kappa shape index (κ3) is 0.531. The largest absolute Gasteiger partial charge is 0.325 e. The summed E-state index contributed by atoms with van der Waals surface area (Å²) in [5, 5.41) is 0. The maximum Gasteiger partial charge on any atom is 0.0162 e. The summed E-state index contributed by atoms with van der Waals surface area (Å²) in [6, 6.07) is 0. The predicted octanol–water partition coefficient (Wildman–Crippen LogP) is 1.77. The van der Waals surface area contributed by atoms with Crippen LogP contribution in [0, 0.1) is 17.3 Å². The number of hydrogen-bond donors (Lipinski definition) is 1. The molecule has 4 atom stereocenters. The molecule has 4 unspecified atom stereocenters. The molecule has 0 aromatic carbocycles. The van der Waals surface area contributed by atoms with Gasteiger partial charge in [-0.15, -0.1) is 0 Å². The predicted molar refractivity (Wildman–Crippen MR) is 42.6 cm³/mol. The van der Waals surface area contributed by atoms with Crippen LogP contribution in [0.25, 0.3) is 0 Å². The first-order chi connectivity index (χ1) is 4.48. The van der Waals surface area contributed by atoms with Gasteiger partial charge in [-0.05, 0) is 37.0 Å². The molecule has 0 radical (unpaired) electrons. The highest BCUT2D eigenvalue weighted by molar-refractivity contribution is 5.19. The van der Waals surface area contributed by atoms with E-state index in [1.807, 2.05) is 0 Å². The van der Waals surface area contributed by atoms with Crippen molar-refractivity contribution in [3.05, 3.63) is 0 Å². The molecule has 0 amide bonds. The van der Waals surface area contributed by atoms with E-state index in [0.717, 1.165) is 11.8 Å². The minimum absolute atomic E-state index is 0.161. The van der Waals surface area contributed by atoms with Gasteiger partial charge in [-0.2, -0.15) is 0 Å². The summed E-state index contributed by atoms with van der Waals surface area (Å²) in [7, 11) is 0. The van der Waals surface area contributed by atoms with Crippen LogP contribution in [-0.2, 0) is 0 Å². The first kappa shape index (κ1) is 6.66. The van der Waals surface area contributed by atoms with Crippen LogP contribution in [0.2, 0.25) is 0 Å². The molecule has 0 spiro atoms. The molecule has 1 heteroatoms. The van der Waals surface area contributed by atoms with Crippen molar-refractivity contribution in [3.8, 4) is 0 Å². The lowest BCUT2D eigenvalue weighted by atomic mass is 9.94. The van der Waals surface area contributed by atoms with Crippen LogP contribution in [-0.4, -0.2) is 5.54 Å². The van der Waals surface area contributed by atoms with E-state index in [9.17, 15) is 0 Å². The topological polar surface area (TPSA) is 26.0 Å². The average Bonchev–Trinajstić information content (AvgIpc) is 2.22. The molecule has 2 N–H and O–H groups in total. The second-order valence-corrected chi connectivity index (χ2v) is 4.78. The number of nitrogens with two attached hydrogens (primary N) is 1. The van der Waals surface area contributed by atoms with Gasteiger partial charge in [0.05, 0.1) is 0 Å². The molecule has 2 saturated carbocycles. The SMILES string of the molecule is CC1C2C(C)(N)CCC12C. The van der Waals surface area contributed by atoms with E-state index in [1.165, 1.54) is 12.8 Å². The lowest BCUT2D eigenvalue weighted by Crippen LogP contribution is -2.36. The van der Waals surface area contributed by atoms with Crippen molar-refractivity contribution in [3.63, 3.8) is 0 Å². The Morgan fingerprint density at radius 3 is 2.10 bits per heavy atom. The fraction of sp³-hybridized carbons (Fsp3) is 1.00. The highest BCUT2D eigenvalue weighted by Gasteiger charge is 2.68. The number of rotatable bonds is 0. The molecule has 0 aliphatic heterocycles. The van der Waals surface area contributed by atoms with E-state index in [0.29, 0.717) is 5.41 Å². The quantitative estimate of drug-likeness (QED) is 0.544. The molecule has 10 heavy (non-hydrogen) atoms. The highest BCUT2D eigenvalue weighted by atomic mass is 14.9.